The lowest BCUT2D eigenvalue weighted by molar-refractivity contribution is -0.255. The van der Waals surface area contributed by atoms with Gasteiger partial charge in [0.25, 0.3) is 0 Å². The zero-order valence-corrected chi connectivity index (χ0v) is 9.00. The lowest BCUT2D eigenvalue weighted by Gasteiger charge is -2.27. The molecule has 0 aliphatic carbocycles. The Bertz CT molecular complexity index is 350. The number of hydroxylamine groups is 2. The zero-order chi connectivity index (χ0) is 12.2. The van der Waals surface area contributed by atoms with Gasteiger partial charge in [-0.25, -0.2) is 4.79 Å². The molecule has 88 valence electrons. The Balaban J connectivity index is 2.53. The molecule has 1 aromatic rings. The number of carbonyl (C=O) groups is 1. The molecule has 0 fully saturated rings. The van der Waals surface area contributed by atoms with E-state index in [1.54, 1.807) is 0 Å². The fraction of sp³-hybridized carbons (Fsp3) is 0.364. The number of nitrogens with zero attached hydrogens (tertiary/aromatic N) is 1. The van der Waals surface area contributed by atoms with Gasteiger partial charge in [0.2, 0.25) is 5.72 Å². The maximum atomic E-state index is 10.6. The molecule has 5 heteroatoms. The second-order valence-electron chi connectivity index (χ2n) is 3.68. The average molecular weight is 225 g/mol. The summed E-state index contributed by atoms with van der Waals surface area (Å²) in [5.74, 6) is -1.48. The van der Waals surface area contributed by atoms with E-state index < -0.39 is 11.7 Å². The predicted molar refractivity (Wildman–Crippen MR) is 56.9 cm³/mol. The molecule has 0 heterocycles. The minimum absolute atomic E-state index is 0.0450. The van der Waals surface area contributed by atoms with Crippen molar-refractivity contribution in [3.05, 3.63) is 35.9 Å². The zero-order valence-electron chi connectivity index (χ0n) is 9.00. The van der Waals surface area contributed by atoms with Crippen LogP contribution in [0.4, 0.5) is 0 Å². The normalized spacial score (nSPS) is 14.8. The maximum Gasteiger partial charge on any atom is 0.353 e. The minimum Gasteiger partial charge on any atom is -0.478 e. The van der Waals surface area contributed by atoms with Crippen molar-refractivity contribution < 1.29 is 20.2 Å². The lowest BCUT2D eigenvalue weighted by Crippen LogP contribution is -2.51. The molecule has 3 N–H and O–H groups in total. The summed E-state index contributed by atoms with van der Waals surface area (Å²) in [6.45, 7) is 1.07. The van der Waals surface area contributed by atoms with Crippen LogP contribution in [0, 0.1) is 0 Å². The van der Waals surface area contributed by atoms with Gasteiger partial charge in [-0.15, -0.1) is 0 Å². The molecule has 1 atom stereocenters. The van der Waals surface area contributed by atoms with Crippen LogP contribution in [0.2, 0.25) is 0 Å². The summed E-state index contributed by atoms with van der Waals surface area (Å²) in [5, 5.41) is 27.9. The molecule has 0 aliphatic heterocycles. The lowest BCUT2D eigenvalue weighted by atomic mass is 10.1. The van der Waals surface area contributed by atoms with Crippen molar-refractivity contribution in [2.24, 2.45) is 0 Å². The third-order valence-corrected chi connectivity index (χ3v) is 2.36. The number of aliphatic hydroxyl groups is 1. The molecule has 0 saturated heterocycles. The third-order valence-electron chi connectivity index (χ3n) is 2.36. The first-order valence-electron chi connectivity index (χ1n) is 4.91. The largest absolute Gasteiger partial charge is 0.478 e. The van der Waals surface area contributed by atoms with Gasteiger partial charge in [0.1, 0.15) is 0 Å². The van der Waals surface area contributed by atoms with Crippen LogP contribution >= 0.6 is 0 Å². The fourth-order valence-corrected chi connectivity index (χ4v) is 1.21. The van der Waals surface area contributed by atoms with E-state index in [0.717, 1.165) is 12.5 Å². The van der Waals surface area contributed by atoms with Crippen molar-refractivity contribution in [2.75, 3.05) is 6.54 Å². The van der Waals surface area contributed by atoms with Gasteiger partial charge in [-0.05, 0) is 18.9 Å². The highest BCUT2D eigenvalue weighted by Gasteiger charge is 2.36. The molecule has 1 aromatic carbocycles. The van der Waals surface area contributed by atoms with Gasteiger partial charge < -0.3 is 15.4 Å². The standard InChI is InChI=1S/C11H15NO4/c1-11(15,10(13)14)12(16)8-7-9-5-3-2-4-6-9/h2-6,15-16H,7-8H2,1H3,(H,13,14)/t11-/m1/s1. The Kier molecular flexibility index (Phi) is 4.00. The highest BCUT2D eigenvalue weighted by atomic mass is 16.6. The van der Waals surface area contributed by atoms with Crippen LogP contribution in [-0.4, -0.2) is 38.7 Å². The summed E-state index contributed by atoms with van der Waals surface area (Å²) < 4.78 is 0. The summed E-state index contributed by atoms with van der Waals surface area (Å²) in [6.07, 6.45) is 0.459. The first-order chi connectivity index (χ1) is 7.44. The van der Waals surface area contributed by atoms with Gasteiger partial charge in [-0.3, -0.25) is 0 Å². The monoisotopic (exact) mass is 225 g/mol. The number of hydrogen-bond acceptors (Lipinski definition) is 4. The van der Waals surface area contributed by atoms with Crippen LogP contribution in [0.15, 0.2) is 30.3 Å². The molecule has 1 rings (SSSR count). The minimum atomic E-state index is -2.26. The van der Waals surface area contributed by atoms with Crippen LogP contribution in [0.25, 0.3) is 0 Å². The van der Waals surface area contributed by atoms with Gasteiger partial charge in [0.05, 0.1) is 0 Å². The van der Waals surface area contributed by atoms with Crippen LogP contribution in [0.5, 0.6) is 0 Å². The number of benzene rings is 1. The molecule has 0 aliphatic rings. The summed E-state index contributed by atoms with van der Waals surface area (Å²) in [5.41, 5.74) is -1.29. The van der Waals surface area contributed by atoms with Crippen LogP contribution < -0.4 is 0 Å². The quantitative estimate of drug-likeness (QED) is 0.508. The molecule has 0 aromatic heterocycles. The Morgan fingerprint density at radius 1 is 1.38 bits per heavy atom. The van der Waals surface area contributed by atoms with E-state index in [4.69, 9.17) is 5.11 Å². The molecular formula is C11H15NO4. The van der Waals surface area contributed by atoms with Crippen molar-refractivity contribution >= 4 is 5.97 Å². The molecule has 0 unspecified atom stereocenters. The van der Waals surface area contributed by atoms with Crippen molar-refractivity contribution in [2.45, 2.75) is 19.1 Å². The maximum absolute atomic E-state index is 10.6. The van der Waals surface area contributed by atoms with Crippen molar-refractivity contribution in [3.63, 3.8) is 0 Å². The summed E-state index contributed by atoms with van der Waals surface area (Å²) in [7, 11) is 0. The Hall–Kier alpha value is -1.43. The average Bonchev–Trinajstić information content (AvgIpc) is 2.27. The van der Waals surface area contributed by atoms with Crippen molar-refractivity contribution in [1.82, 2.24) is 5.06 Å². The van der Waals surface area contributed by atoms with Crippen molar-refractivity contribution in [1.29, 1.82) is 0 Å². The molecular weight excluding hydrogens is 210 g/mol. The van der Waals surface area contributed by atoms with Crippen molar-refractivity contribution in [3.8, 4) is 0 Å². The molecule has 0 spiro atoms. The summed E-state index contributed by atoms with van der Waals surface area (Å²) >= 11 is 0. The molecule has 0 bridgehead atoms. The first-order valence-corrected chi connectivity index (χ1v) is 4.91. The Morgan fingerprint density at radius 2 is 1.94 bits per heavy atom. The predicted octanol–water partition coefficient (Wildman–Crippen LogP) is 0.713. The third kappa shape index (κ3) is 3.03. The van der Waals surface area contributed by atoms with Gasteiger partial charge >= 0.3 is 5.97 Å². The second kappa shape index (κ2) is 5.07. The molecule has 0 radical (unpaired) electrons. The highest BCUT2D eigenvalue weighted by molar-refractivity contribution is 5.75. The van der Waals surface area contributed by atoms with E-state index in [-0.39, 0.29) is 6.54 Å². The van der Waals surface area contributed by atoms with E-state index in [0.29, 0.717) is 11.5 Å². The van der Waals surface area contributed by atoms with E-state index in [1.165, 1.54) is 0 Å². The Morgan fingerprint density at radius 3 is 2.44 bits per heavy atom. The van der Waals surface area contributed by atoms with Crippen LogP contribution in [0.1, 0.15) is 12.5 Å². The topological polar surface area (TPSA) is 81.0 Å². The number of aliphatic carboxylic acids is 1. The molecule has 0 saturated carbocycles. The van der Waals surface area contributed by atoms with Gasteiger partial charge in [0.15, 0.2) is 0 Å². The molecule has 16 heavy (non-hydrogen) atoms. The number of rotatable bonds is 5. The SMILES string of the molecule is C[C@@](O)(C(=O)O)N(O)CCc1ccccc1. The number of carboxylic acids is 1. The van der Waals surface area contributed by atoms with Crippen LogP contribution in [-0.2, 0) is 11.2 Å². The second-order valence-corrected chi connectivity index (χ2v) is 3.68. The fourth-order valence-electron chi connectivity index (χ4n) is 1.21. The highest BCUT2D eigenvalue weighted by Crippen LogP contribution is 2.10. The van der Waals surface area contributed by atoms with Gasteiger partial charge in [0, 0.05) is 6.54 Å². The smallest absolute Gasteiger partial charge is 0.353 e. The van der Waals surface area contributed by atoms with E-state index >= 15 is 0 Å². The van der Waals surface area contributed by atoms with Crippen LogP contribution in [0.3, 0.4) is 0 Å². The summed E-state index contributed by atoms with van der Waals surface area (Å²) in [6, 6.07) is 9.30. The number of hydrogen-bond donors (Lipinski definition) is 3. The number of carboxylic acid groups (broad SMARTS) is 1. The van der Waals surface area contributed by atoms with Gasteiger partial charge in [-0.2, -0.15) is 5.06 Å². The Labute approximate surface area is 93.5 Å². The molecule has 0 amide bonds. The van der Waals surface area contributed by atoms with E-state index in [9.17, 15) is 15.1 Å². The van der Waals surface area contributed by atoms with Gasteiger partial charge in [-0.1, -0.05) is 30.3 Å². The summed E-state index contributed by atoms with van der Waals surface area (Å²) in [4.78, 5) is 10.6. The molecule has 5 nitrogen and oxygen atoms in total. The van der Waals surface area contributed by atoms with E-state index in [1.807, 2.05) is 30.3 Å². The first kappa shape index (κ1) is 12.6. The van der Waals surface area contributed by atoms with E-state index in [2.05, 4.69) is 0 Å².